The predicted molar refractivity (Wildman–Crippen MR) is 135 cm³/mol. The Labute approximate surface area is 208 Å². The highest BCUT2D eigenvalue weighted by Crippen LogP contribution is 2.57. The molecule has 0 spiro atoms. The van der Waals surface area contributed by atoms with Crippen molar-refractivity contribution in [3.8, 4) is 0 Å². The Morgan fingerprint density at radius 3 is 1.89 bits per heavy atom. The van der Waals surface area contributed by atoms with Gasteiger partial charge in [-0.15, -0.1) is 0 Å². The molecule has 4 aromatic carbocycles. The minimum Gasteiger partial charge on any atom is -0.273 e. The number of hydroxylamine groups is 1. The summed E-state index contributed by atoms with van der Waals surface area (Å²) >= 11 is 6.08. The van der Waals surface area contributed by atoms with Crippen LogP contribution in [0.4, 0.5) is 11.4 Å². The molecular weight excluding hydrogens is 460 g/mol. The zero-order valence-corrected chi connectivity index (χ0v) is 19.4. The van der Waals surface area contributed by atoms with Gasteiger partial charge >= 0.3 is 0 Å². The average Bonchev–Trinajstić information content (AvgIpc) is 3.38. The minimum atomic E-state index is -1.30. The number of carbonyl (C=O) groups excluding carboxylic acids is 2. The number of anilines is 2. The lowest BCUT2D eigenvalue weighted by molar-refractivity contribution is -0.126. The van der Waals surface area contributed by atoms with E-state index >= 15 is 0 Å². The summed E-state index contributed by atoms with van der Waals surface area (Å²) in [7, 11) is 0. The van der Waals surface area contributed by atoms with E-state index in [1.807, 2.05) is 91.0 Å². The second-order valence-corrected chi connectivity index (χ2v) is 9.09. The maximum Gasteiger partial charge on any atom is 0.267 e. The van der Waals surface area contributed by atoms with Gasteiger partial charge in [0.05, 0.1) is 11.4 Å². The van der Waals surface area contributed by atoms with Gasteiger partial charge < -0.3 is 0 Å². The molecule has 2 fully saturated rings. The van der Waals surface area contributed by atoms with Gasteiger partial charge in [0, 0.05) is 5.02 Å². The monoisotopic (exact) mass is 480 g/mol. The summed E-state index contributed by atoms with van der Waals surface area (Å²) in [5.41, 5.74) is 1.55. The molecule has 172 valence electrons. The standard InChI is InChI=1S/C29H21ClN2O3/c30-22-16-18-23(19-17-22)31-27(33)26-29(28(31)34,21-12-6-2-7-13-21)25(20-10-4-1-5-11-20)32(35-26)24-14-8-3-9-15-24/h1-19,25-26H/t25-,26+,29+/m0/s1. The van der Waals surface area contributed by atoms with Gasteiger partial charge in [-0.05, 0) is 47.5 Å². The Bertz CT molecular complexity index is 1380. The van der Waals surface area contributed by atoms with Gasteiger partial charge in [0.25, 0.3) is 5.91 Å². The number of amides is 2. The topological polar surface area (TPSA) is 49.9 Å². The van der Waals surface area contributed by atoms with Crippen molar-refractivity contribution in [1.82, 2.24) is 0 Å². The van der Waals surface area contributed by atoms with Crippen LogP contribution in [0.25, 0.3) is 0 Å². The molecule has 2 aliphatic rings. The van der Waals surface area contributed by atoms with Crippen LogP contribution in [0.3, 0.4) is 0 Å². The van der Waals surface area contributed by atoms with Gasteiger partial charge in [-0.2, -0.15) is 0 Å². The Hall–Kier alpha value is -3.93. The van der Waals surface area contributed by atoms with Crippen molar-refractivity contribution >= 4 is 34.8 Å². The van der Waals surface area contributed by atoms with E-state index in [1.165, 1.54) is 4.90 Å². The van der Waals surface area contributed by atoms with E-state index in [4.69, 9.17) is 16.4 Å². The molecule has 0 N–H and O–H groups in total. The summed E-state index contributed by atoms with van der Waals surface area (Å²) in [4.78, 5) is 36.2. The van der Waals surface area contributed by atoms with Gasteiger partial charge in [0.2, 0.25) is 5.91 Å². The predicted octanol–water partition coefficient (Wildman–Crippen LogP) is 5.71. The molecule has 0 unspecified atom stereocenters. The van der Waals surface area contributed by atoms with E-state index in [1.54, 1.807) is 29.3 Å². The quantitative estimate of drug-likeness (QED) is 0.351. The second kappa shape index (κ2) is 8.38. The third-order valence-corrected chi connectivity index (χ3v) is 7.01. The van der Waals surface area contributed by atoms with Crippen molar-refractivity contribution in [1.29, 1.82) is 0 Å². The van der Waals surface area contributed by atoms with Gasteiger partial charge in [-0.3, -0.25) is 14.4 Å². The van der Waals surface area contributed by atoms with E-state index in [-0.39, 0.29) is 5.91 Å². The smallest absolute Gasteiger partial charge is 0.267 e. The van der Waals surface area contributed by atoms with Gasteiger partial charge in [0.1, 0.15) is 11.5 Å². The summed E-state index contributed by atoms with van der Waals surface area (Å²) < 4.78 is 0. The molecule has 35 heavy (non-hydrogen) atoms. The van der Waals surface area contributed by atoms with Crippen LogP contribution in [-0.2, 0) is 19.8 Å². The molecule has 3 atom stereocenters. The van der Waals surface area contributed by atoms with Crippen LogP contribution >= 0.6 is 11.6 Å². The number of benzene rings is 4. The van der Waals surface area contributed by atoms with Crippen LogP contribution in [0.15, 0.2) is 115 Å². The lowest BCUT2D eigenvalue weighted by Gasteiger charge is -2.35. The lowest BCUT2D eigenvalue weighted by atomic mass is 9.69. The molecule has 6 heteroatoms. The van der Waals surface area contributed by atoms with Crippen LogP contribution < -0.4 is 9.96 Å². The third kappa shape index (κ3) is 3.20. The SMILES string of the molecule is O=C1[C@H]2ON(c3ccccc3)[C@@H](c3ccccc3)[C@@]2(c2ccccc2)C(=O)N1c1ccc(Cl)cc1. The summed E-state index contributed by atoms with van der Waals surface area (Å²) in [6, 6.07) is 34.9. The number of fused-ring (bicyclic) bond motifs is 1. The number of nitrogens with zero attached hydrogens (tertiary/aromatic N) is 2. The largest absolute Gasteiger partial charge is 0.273 e. The minimum absolute atomic E-state index is 0.326. The summed E-state index contributed by atoms with van der Waals surface area (Å²) in [5.74, 6) is -0.728. The second-order valence-electron chi connectivity index (χ2n) is 8.65. The first-order chi connectivity index (χ1) is 17.1. The molecule has 2 saturated heterocycles. The van der Waals surface area contributed by atoms with E-state index in [9.17, 15) is 9.59 Å². The molecule has 0 aromatic heterocycles. The normalized spacial score (nSPS) is 23.6. The zero-order chi connectivity index (χ0) is 24.0. The molecule has 2 amide bonds. The first-order valence-corrected chi connectivity index (χ1v) is 11.8. The number of hydrogen-bond acceptors (Lipinski definition) is 4. The first kappa shape index (κ1) is 21.6. The Morgan fingerprint density at radius 2 is 1.26 bits per heavy atom. The van der Waals surface area contributed by atoms with Crippen molar-refractivity contribution in [3.05, 3.63) is 131 Å². The molecule has 2 heterocycles. The zero-order valence-electron chi connectivity index (χ0n) is 18.6. The number of carbonyl (C=O) groups is 2. The van der Waals surface area contributed by atoms with Crippen molar-refractivity contribution in [2.75, 3.05) is 9.96 Å². The average molecular weight is 481 g/mol. The Morgan fingerprint density at radius 1 is 0.686 bits per heavy atom. The van der Waals surface area contributed by atoms with Crippen LogP contribution in [0.1, 0.15) is 17.2 Å². The fourth-order valence-corrected chi connectivity index (χ4v) is 5.38. The molecular formula is C29H21ClN2O3. The summed E-state index contributed by atoms with van der Waals surface area (Å²) in [5, 5.41) is 2.25. The molecule has 5 nitrogen and oxygen atoms in total. The van der Waals surface area contributed by atoms with Crippen molar-refractivity contribution in [3.63, 3.8) is 0 Å². The van der Waals surface area contributed by atoms with Crippen LogP contribution in [0, 0.1) is 0 Å². The highest BCUT2D eigenvalue weighted by Gasteiger charge is 2.72. The van der Waals surface area contributed by atoms with E-state index < -0.39 is 23.5 Å². The number of rotatable bonds is 4. The molecule has 6 rings (SSSR count). The maximum atomic E-state index is 14.5. The molecule has 0 aliphatic carbocycles. The van der Waals surface area contributed by atoms with Crippen molar-refractivity contribution in [2.24, 2.45) is 0 Å². The number of halogens is 1. The van der Waals surface area contributed by atoms with E-state index in [0.29, 0.717) is 10.7 Å². The highest BCUT2D eigenvalue weighted by atomic mass is 35.5. The van der Waals surface area contributed by atoms with Crippen LogP contribution in [-0.4, -0.2) is 17.9 Å². The fourth-order valence-electron chi connectivity index (χ4n) is 5.26. The summed E-state index contributed by atoms with van der Waals surface area (Å²) in [6.07, 6.45) is -1.04. The van der Waals surface area contributed by atoms with E-state index in [0.717, 1.165) is 16.8 Å². The molecule has 2 aliphatic heterocycles. The fraction of sp³-hybridized carbons (Fsp3) is 0.103. The highest BCUT2D eigenvalue weighted by molar-refractivity contribution is 6.31. The Kier molecular flexibility index (Phi) is 5.17. The molecule has 4 aromatic rings. The Balaban J connectivity index is 1.61. The number of imide groups is 1. The van der Waals surface area contributed by atoms with Crippen LogP contribution in [0.5, 0.6) is 0 Å². The van der Waals surface area contributed by atoms with Gasteiger partial charge in [-0.25, -0.2) is 9.96 Å². The van der Waals surface area contributed by atoms with Crippen LogP contribution in [0.2, 0.25) is 5.02 Å². The molecule has 0 saturated carbocycles. The number of para-hydroxylation sites is 1. The molecule has 0 radical (unpaired) electrons. The number of hydrogen-bond donors (Lipinski definition) is 0. The van der Waals surface area contributed by atoms with Crippen molar-refractivity contribution in [2.45, 2.75) is 17.6 Å². The third-order valence-electron chi connectivity index (χ3n) is 6.76. The molecule has 0 bridgehead atoms. The van der Waals surface area contributed by atoms with Crippen molar-refractivity contribution < 1.29 is 14.4 Å². The van der Waals surface area contributed by atoms with Gasteiger partial charge in [-0.1, -0.05) is 90.5 Å². The van der Waals surface area contributed by atoms with Gasteiger partial charge in [0.15, 0.2) is 6.10 Å². The first-order valence-electron chi connectivity index (χ1n) is 11.4. The lowest BCUT2D eigenvalue weighted by Crippen LogP contribution is -2.46. The maximum absolute atomic E-state index is 14.5. The van der Waals surface area contributed by atoms with E-state index in [2.05, 4.69) is 0 Å². The summed E-state index contributed by atoms with van der Waals surface area (Å²) in [6.45, 7) is 0.